The van der Waals surface area contributed by atoms with Gasteiger partial charge in [-0.05, 0) is 11.6 Å². The zero-order valence-electron chi connectivity index (χ0n) is 11.7. The van der Waals surface area contributed by atoms with Gasteiger partial charge < -0.3 is 21.1 Å². The average molecular weight is 368 g/mol. The predicted octanol–water partition coefficient (Wildman–Crippen LogP) is 2.12. The Hall–Kier alpha value is -1.93. The zero-order valence-corrected chi connectivity index (χ0v) is 13.3. The van der Waals surface area contributed by atoms with Crippen molar-refractivity contribution in [3.05, 3.63) is 40.1 Å². The monoisotopic (exact) mass is 367 g/mol. The number of nitrogens with two attached hydrogens (primary N) is 2. The van der Waals surface area contributed by atoms with E-state index in [2.05, 4.69) is 25.9 Å². The summed E-state index contributed by atoms with van der Waals surface area (Å²) in [6.45, 7) is 1.42. The SMILES string of the molecule is Nc1nc(N)c(F)c(N2CCOC(c3ccccc3Br)C2)n1. The number of nitrogen functional groups attached to an aromatic ring is 2. The fraction of sp³-hybridized carbons (Fsp3) is 0.286. The van der Waals surface area contributed by atoms with Crippen LogP contribution in [0.15, 0.2) is 28.7 Å². The van der Waals surface area contributed by atoms with Crippen LogP contribution in [-0.2, 0) is 4.74 Å². The summed E-state index contributed by atoms with van der Waals surface area (Å²) in [5.41, 5.74) is 12.1. The third kappa shape index (κ3) is 2.84. The molecule has 6 nitrogen and oxygen atoms in total. The molecule has 1 aliphatic heterocycles. The lowest BCUT2D eigenvalue weighted by molar-refractivity contribution is 0.0388. The molecule has 0 bridgehead atoms. The number of anilines is 3. The summed E-state index contributed by atoms with van der Waals surface area (Å²) in [6, 6.07) is 7.78. The molecule has 4 N–H and O–H groups in total. The number of morpholine rings is 1. The van der Waals surface area contributed by atoms with E-state index >= 15 is 0 Å². The minimum absolute atomic E-state index is 0.0437. The maximum atomic E-state index is 14.2. The van der Waals surface area contributed by atoms with Crippen molar-refractivity contribution in [3.63, 3.8) is 0 Å². The number of aromatic nitrogens is 2. The molecular weight excluding hydrogens is 353 g/mol. The summed E-state index contributed by atoms with van der Waals surface area (Å²) in [5, 5.41) is 0. The maximum Gasteiger partial charge on any atom is 0.224 e. The predicted molar refractivity (Wildman–Crippen MR) is 85.9 cm³/mol. The van der Waals surface area contributed by atoms with Crippen LogP contribution in [0.3, 0.4) is 0 Å². The van der Waals surface area contributed by atoms with Crippen molar-refractivity contribution in [1.82, 2.24) is 9.97 Å². The molecule has 2 heterocycles. The number of ether oxygens (including phenoxy) is 1. The Bertz CT molecular complexity index is 699. The molecule has 3 rings (SSSR count). The van der Waals surface area contributed by atoms with E-state index in [4.69, 9.17) is 16.2 Å². The molecule has 0 saturated carbocycles. The van der Waals surface area contributed by atoms with Gasteiger partial charge in [-0.25, -0.2) is 0 Å². The quantitative estimate of drug-likeness (QED) is 0.844. The normalized spacial score (nSPS) is 18.5. The van der Waals surface area contributed by atoms with E-state index in [1.165, 1.54) is 0 Å². The Morgan fingerprint density at radius 2 is 2.05 bits per heavy atom. The molecule has 0 amide bonds. The molecule has 1 fully saturated rings. The van der Waals surface area contributed by atoms with Crippen molar-refractivity contribution < 1.29 is 9.13 Å². The molecule has 1 saturated heterocycles. The van der Waals surface area contributed by atoms with Crippen molar-refractivity contribution in [1.29, 1.82) is 0 Å². The van der Waals surface area contributed by atoms with E-state index in [-0.39, 0.29) is 23.7 Å². The van der Waals surface area contributed by atoms with Crippen molar-refractivity contribution in [2.75, 3.05) is 36.1 Å². The smallest absolute Gasteiger partial charge is 0.224 e. The standard InChI is InChI=1S/C14H15BrFN5O/c15-9-4-2-1-3-8(9)10-7-21(5-6-22-10)13-11(16)12(17)19-14(18)20-13/h1-4,10H,5-7H2,(H4,17,18,19,20). The van der Waals surface area contributed by atoms with Gasteiger partial charge >= 0.3 is 0 Å². The molecule has 1 unspecified atom stereocenters. The second kappa shape index (κ2) is 6.05. The van der Waals surface area contributed by atoms with Crippen molar-refractivity contribution in [2.24, 2.45) is 0 Å². The van der Waals surface area contributed by atoms with Gasteiger partial charge in [0.05, 0.1) is 13.2 Å². The van der Waals surface area contributed by atoms with Crippen molar-refractivity contribution in [3.8, 4) is 0 Å². The first-order valence-corrected chi connectivity index (χ1v) is 7.55. The molecule has 1 aromatic heterocycles. The van der Waals surface area contributed by atoms with Gasteiger partial charge in [0.1, 0.15) is 6.10 Å². The van der Waals surface area contributed by atoms with Crippen LogP contribution in [0.1, 0.15) is 11.7 Å². The summed E-state index contributed by atoms with van der Waals surface area (Å²) in [4.78, 5) is 9.38. The van der Waals surface area contributed by atoms with Crippen LogP contribution in [0.5, 0.6) is 0 Å². The van der Waals surface area contributed by atoms with Crippen LogP contribution in [0.2, 0.25) is 0 Å². The van der Waals surface area contributed by atoms with Gasteiger partial charge in [-0.2, -0.15) is 14.4 Å². The minimum atomic E-state index is -0.651. The van der Waals surface area contributed by atoms with E-state index in [9.17, 15) is 4.39 Å². The van der Waals surface area contributed by atoms with Gasteiger partial charge in [0.2, 0.25) is 11.8 Å². The molecular formula is C14H15BrFN5O. The number of hydrogen-bond acceptors (Lipinski definition) is 6. The number of hydrogen-bond donors (Lipinski definition) is 2. The summed E-state index contributed by atoms with van der Waals surface area (Å²) in [7, 11) is 0. The summed E-state index contributed by atoms with van der Waals surface area (Å²) in [6.07, 6.45) is -0.193. The Labute approximate surface area is 135 Å². The van der Waals surface area contributed by atoms with Crippen molar-refractivity contribution in [2.45, 2.75) is 6.10 Å². The van der Waals surface area contributed by atoms with Gasteiger partial charge in [-0.3, -0.25) is 0 Å². The molecule has 22 heavy (non-hydrogen) atoms. The molecule has 0 aliphatic carbocycles. The van der Waals surface area contributed by atoms with Crippen LogP contribution in [-0.4, -0.2) is 29.7 Å². The number of benzene rings is 1. The Morgan fingerprint density at radius 3 is 2.82 bits per heavy atom. The number of rotatable bonds is 2. The molecule has 2 aromatic rings. The highest BCUT2D eigenvalue weighted by molar-refractivity contribution is 9.10. The second-order valence-electron chi connectivity index (χ2n) is 4.93. The summed E-state index contributed by atoms with van der Waals surface area (Å²) in [5.74, 6) is -0.823. The number of nitrogens with zero attached hydrogens (tertiary/aromatic N) is 3. The van der Waals surface area contributed by atoms with Crippen LogP contribution in [0, 0.1) is 5.82 Å². The lowest BCUT2D eigenvalue weighted by atomic mass is 10.1. The summed E-state index contributed by atoms with van der Waals surface area (Å²) >= 11 is 3.51. The van der Waals surface area contributed by atoms with Crippen LogP contribution in [0.25, 0.3) is 0 Å². The third-order valence-electron chi connectivity index (χ3n) is 3.49. The van der Waals surface area contributed by atoms with Gasteiger partial charge in [0.15, 0.2) is 11.6 Å². The third-order valence-corrected chi connectivity index (χ3v) is 4.22. The highest BCUT2D eigenvalue weighted by Gasteiger charge is 2.27. The van der Waals surface area contributed by atoms with E-state index < -0.39 is 5.82 Å². The molecule has 1 aliphatic rings. The van der Waals surface area contributed by atoms with Crippen LogP contribution < -0.4 is 16.4 Å². The minimum Gasteiger partial charge on any atom is -0.381 e. The first kappa shape index (κ1) is 15.0. The van der Waals surface area contributed by atoms with Crippen LogP contribution >= 0.6 is 15.9 Å². The molecule has 8 heteroatoms. The van der Waals surface area contributed by atoms with Crippen molar-refractivity contribution >= 4 is 33.5 Å². The van der Waals surface area contributed by atoms with E-state index in [1.54, 1.807) is 4.90 Å². The maximum absolute atomic E-state index is 14.2. The molecule has 0 radical (unpaired) electrons. The second-order valence-corrected chi connectivity index (χ2v) is 5.79. The Morgan fingerprint density at radius 1 is 1.27 bits per heavy atom. The van der Waals surface area contributed by atoms with E-state index in [0.29, 0.717) is 19.7 Å². The largest absolute Gasteiger partial charge is 0.381 e. The van der Waals surface area contributed by atoms with Gasteiger partial charge in [0, 0.05) is 11.0 Å². The molecule has 0 spiro atoms. The first-order valence-electron chi connectivity index (χ1n) is 6.75. The highest BCUT2D eigenvalue weighted by Crippen LogP contribution is 2.31. The average Bonchev–Trinajstić information content (AvgIpc) is 2.51. The van der Waals surface area contributed by atoms with E-state index in [0.717, 1.165) is 10.0 Å². The molecule has 1 aromatic carbocycles. The Balaban J connectivity index is 1.89. The van der Waals surface area contributed by atoms with Crippen LogP contribution in [0.4, 0.5) is 22.0 Å². The topological polar surface area (TPSA) is 90.3 Å². The number of halogens is 2. The molecule has 116 valence electrons. The van der Waals surface area contributed by atoms with Gasteiger partial charge in [-0.15, -0.1) is 0 Å². The Kier molecular flexibility index (Phi) is 4.12. The van der Waals surface area contributed by atoms with Gasteiger partial charge in [0.25, 0.3) is 0 Å². The lowest BCUT2D eigenvalue weighted by Gasteiger charge is -2.34. The van der Waals surface area contributed by atoms with Gasteiger partial charge in [-0.1, -0.05) is 34.1 Å². The fourth-order valence-corrected chi connectivity index (χ4v) is 2.99. The lowest BCUT2D eigenvalue weighted by Crippen LogP contribution is -2.39. The highest BCUT2D eigenvalue weighted by atomic mass is 79.9. The first-order chi connectivity index (χ1) is 10.6. The fourth-order valence-electron chi connectivity index (χ4n) is 2.45. The zero-order chi connectivity index (χ0) is 15.7. The summed E-state index contributed by atoms with van der Waals surface area (Å²) < 4.78 is 20.9. The molecule has 1 atom stereocenters. The van der Waals surface area contributed by atoms with E-state index in [1.807, 2.05) is 24.3 Å².